The lowest BCUT2D eigenvalue weighted by Crippen LogP contribution is -2.25. The first-order valence-corrected chi connectivity index (χ1v) is 6.89. The maximum Gasteiger partial charge on any atom is 0.320 e. The lowest BCUT2D eigenvalue weighted by Gasteiger charge is -2.15. The molecule has 2 unspecified atom stereocenters. The monoisotopic (exact) mass is 356 g/mol. The minimum absolute atomic E-state index is 0.0313. The van der Waals surface area contributed by atoms with Gasteiger partial charge in [-0.3, -0.25) is 30.0 Å². The second-order valence-corrected chi connectivity index (χ2v) is 4.89. The Kier molecular flexibility index (Phi) is 7.02. The molecule has 1 rings (SSSR count). The van der Waals surface area contributed by atoms with Gasteiger partial charge in [-0.2, -0.15) is 0 Å². The van der Waals surface area contributed by atoms with Crippen LogP contribution >= 0.6 is 0 Å². The van der Waals surface area contributed by atoms with Gasteiger partial charge in [-0.05, 0) is 6.92 Å². The van der Waals surface area contributed by atoms with Gasteiger partial charge in [0.2, 0.25) is 0 Å². The highest BCUT2D eigenvalue weighted by molar-refractivity contribution is 6.06. The molecule has 1 aromatic rings. The van der Waals surface area contributed by atoms with Gasteiger partial charge in [-0.25, -0.2) is 4.98 Å². The van der Waals surface area contributed by atoms with Gasteiger partial charge < -0.3 is 14.9 Å². The molecule has 0 amide bonds. The van der Waals surface area contributed by atoms with E-state index in [4.69, 9.17) is 5.11 Å². The van der Waals surface area contributed by atoms with Crippen LogP contribution in [0.4, 0.5) is 11.4 Å². The third-order valence-electron chi connectivity index (χ3n) is 3.18. The van der Waals surface area contributed by atoms with E-state index in [2.05, 4.69) is 14.7 Å². The third-order valence-corrected chi connectivity index (χ3v) is 3.18. The van der Waals surface area contributed by atoms with Crippen molar-refractivity contribution in [2.24, 2.45) is 4.99 Å². The highest BCUT2D eigenvalue weighted by Gasteiger charge is 2.34. The highest BCUT2D eigenvalue weighted by Crippen LogP contribution is 2.30. The molecule has 0 radical (unpaired) electrons. The van der Waals surface area contributed by atoms with Crippen molar-refractivity contribution >= 4 is 23.1 Å². The Balaban J connectivity index is 3.43. The van der Waals surface area contributed by atoms with E-state index in [0.29, 0.717) is 6.07 Å². The van der Waals surface area contributed by atoms with Crippen LogP contribution in [0.15, 0.2) is 17.3 Å². The normalized spacial score (nSPS) is 13.8. The molecule has 0 saturated heterocycles. The molecule has 1 heterocycles. The van der Waals surface area contributed by atoms with Crippen LogP contribution in [0.25, 0.3) is 0 Å². The Morgan fingerprint density at radius 3 is 2.52 bits per heavy atom. The van der Waals surface area contributed by atoms with Gasteiger partial charge in [0.15, 0.2) is 0 Å². The van der Waals surface area contributed by atoms with Crippen LogP contribution in [0.2, 0.25) is 0 Å². The van der Waals surface area contributed by atoms with Crippen molar-refractivity contribution in [3.8, 4) is 0 Å². The van der Waals surface area contributed by atoms with Gasteiger partial charge in [0.05, 0.1) is 42.3 Å². The van der Waals surface area contributed by atoms with Crippen molar-refractivity contribution in [2.75, 3.05) is 20.3 Å². The number of aliphatic hydroxyl groups is 2. The maximum absolute atomic E-state index is 12.1. The molecule has 12 nitrogen and oxygen atoms in total. The van der Waals surface area contributed by atoms with Crippen LogP contribution in [0.1, 0.15) is 18.5 Å². The first kappa shape index (κ1) is 20.1. The molecule has 12 heteroatoms. The number of rotatable bonds is 8. The number of hydrogen-bond donors (Lipinski definition) is 2. The van der Waals surface area contributed by atoms with Crippen LogP contribution in [0.5, 0.6) is 0 Å². The van der Waals surface area contributed by atoms with E-state index in [1.165, 1.54) is 6.92 Å². The fourth-order valence-corrected chi connectivity index (χ4v) is 1.92. The predicted octanol–water partition coefficient (Wildman–Crippen LogP) is -0.0313. The average molecular weight is 356 g/mol. The van der Waals surface area contributed by atoms with Gasteiger partial charge in [0, 0.05) is 5.71 Å². The average Bonchev–Trinajstić information content (AvgIpc) is 2.59. The van der Waals surface area contributed by atoms with Crippen molar-refractivity contribution in [3.05, 3.63) is 38.2 Å². The van der Waals surface area contributed by atoms with Gasteiger partial charge in [-0.1, -0.05) is 0 Å². The number of pyridine rings is 1. The molecule has 0 saturated carbocycles. The molecule has 136 valence electrons. The van der Waals surface area contributed by atoms with Crippen molar-refractivity contribution in [1.29, 1.82) is 0 Å². The van der Waals surface area contributed by atoms with Crippen LogP contribution in [0.3, 0.4) is 0 Å². The largest absolute Gasteiger partial charge is 0.468 e. The van der Waals surface area contributed by atoms with E-state index in [-0.39, 0.29) is 18.0 Å². The van der Waals surface area contributed by atoms with Crippen LogP contribution in [-0.4, -0.2) is 63.1 Å². The van der Waals surface area contributed by atoms with Crippen LogP contribution in [-0.2, 0) is 9.53 Å². The molecule has 2 N–H and O–H groups in total. The quantitative estimate of drug-likeness (QED) is 0.280. The number of ether oxygens (including phenoxy) is 1. The number of carbonyl (C=O) groups excluding carboxylic acids is 1. The number of esters is 1. The highest BCUT2D eigenvalue weighted by atomic mass is 16.6. The number of nitrogens with zero attached hydrogens (tertiary/aromatic N) is 4. The number of aliphatic imine (C=N–C) groups is 1. The standard InChI is InChI=1S/C13H16N4O8/c1-7(14-5-9(19)6-18)11(13(20)25-2)12-10(17(23)24)3-8(4-15-12)16(21)22/h3-4,9,11,18-19H,5-6H2,1-2H3. The topological polar surface area (TPSA) is 178 Å². The second-order valence-electron chi connectivity index (χ2n) is 4.89. The summed E-state index contributed by atoms with van der Waals surface area (Å²) >= 11 is 0. The first-order valence-electron chi connectivity index (χ1n) is 6.89. The number of nitro groups is 2. The summed E-state index contributed by atoms with van der Waals surface area (Å²) in [4.78, 5) is 39.9. The van der Waals surface area contributed by atoms with E-state index in [1.54, 1.807) is 0 Å². The fourth-order valence-electron chi connectivity index (χ4n) is 1.92. The predicted molar refractivity (Wildman–Crippen MR) is 83.4 cm³/mol. The Morgan fingerprint density at radius 1 is 1.40 bits per heavy atom. The van der Waals surface area contributed by atoms with Crippen molar-refractivity contribution < 1.29 is 29.6 Å². The Hall–Kier alpha value is -2.99. The number of aromatic nitrogens is 1. The summed E-state index contributed by atoms with van der Waals surface area (Å²) < 4.78 is 4.61. The zero-order chi connectivity index (χ0) is 19.1. The molecular weight excluding hydrogens is 340 g/mol. The number of aliphatic hydroxyl groups excluding tert-OH is 2. The molecule has 0 aliphatic heterocycles. The summed E-state index contributed by atoms with van der Waals surface area (Å²) in [6.45, 7) is 0.546. The first-order chi connectivity index (χ1) is 11.7. The van der Waals surface area contributed by atoms with Gasteiger partial charge in [0.1, 0.15) is 17.8 Å². The van der Waals surface area contributed by atoms with Crippen molar-refractivity contribution in [3.63, 3.8) is 0 Å². The summed E-state index contributed by atoms with van der Waals surface area (Å²) in [5.74, 6) is -2.30. The third kappa shape index (κ3) is 4.99. The molecule has 1 aromatic heterocycles. The van der Waals surface area contributed by atoms with E-state index in [1.807, 2.05) is 0 Å². The van der Waals surface area contributed by atoms with Crippen molar-refractivity contribution in [1.82, 2.24) is 4.98 Å². The molecule has 25 heavy (non-hydrogen) atoms. The SMILES string of the molecule is COC(=O)C(C(C)=NCC(O)CO)c1ncc([N+](=O)[O-])cc1[N+](=O)[O-]. The van der Waals surface area contributed by atoms with Gasteiger partial charge >= 0.3 is 5.97 Å². The maximum atomic E-state index is 12.1. The van der Waals surface area contributed by atoms with E-state index in [0.717, 1.165) is 13.3 Å². The molecule has 0 aliphatic carbocycles. The molecule has 0 aromatic carbocycles. The Labute approximate surface area is 141 Å². The van der Waals surface area contributed by atoms with E-state index >= 15 is 0 Å². The molecule has 0 bridgehead atoms. The fraction of sp³-hybridized carbons (Fsp3) is 0.462. The smallest absolute Gasteiger partial charge is 0.320 e. The summed E-state index contributed by atoms with van der Waals surface area (Å²) in [6, 6.07) is 0.689. The number of hydrogen-bond acceptors (Lipinski definition) is 10. The minimum atomic E-state index is -1.39. The second kappa shape index (κ2) is 8.75. The molecular formula is C13H16N4O8. The molecule has 0 fully saturated rings. The van der Waals surface area contributed by atoms with Gasteiger partial charge in [-0.15, -0.1) is 0 Å². The number of carbonyl (C=O) groups is 1. The summed E-state index contributed by atoms with van der Waals surface area (Å²) in [7, 11) is 1.06. The summed E-state index contributed by atoms with van der Waals surface area (Å²) in [6.07, 6.45) is -0.387. The number of methoxy groups -OCH3 is 1. The van der Waals surface area contributed by atoms with Crippen molar-refractivity contribution in [2.45, 2.75) is 18.9 Å². The summed E-state index contributed by atoms with van der Waals surface area (Å²) in [5, 5.41) is 40.1. The molecule has 0 aliphatic rings. The zero-order valence-corrected chi connectivity index (χ0v) is 13.4. The summed E-state index contributed by atoms with van der Waals surface area (Å²) in [5.41, 5.74) is -1.68. The molecule has 2 atom stereocenters. The molecule has 0 spiro atoms. The zero-order valence-electron chi connectivity index (χ0n) is 13.4. The van der Waals surface area contributed by atoms with Crippen LogP contribution in [0, 0.1) is 20.2 Å². The van der Waals surface area contributed by atoms with E-state index in [9.17, 15) is 30.1 Å². The lowest BCUT2D eigenvalue weighted by molar-refractivity contribution is -0.395. The minimum Gasteiger partial charge on any atom is -0.468 e. The van der Waals surface area contributed by atoms with Crippen LogP contribution < -0.4 is 0 Å². The lowest BCUT2D eigenvalue weighted by atomic mass is 9.98. The Morgan fingerprint density at radius 2 is 2.04 bits per heavy atom. The van der Waals surface area contributed by atoms with E-state index < -0.39 is 45.8 Å². The van der Waals surface area contributed by atoms with Gasteiger partial charge in [0.25, 0.3) is 11.4 Å². The Bertz CT molecular complexity index is 705.